The topological polar surface area (TPSA) is 74.3 Å². The Morgan fingerprint density at radius 1 is 1.52 bits per heavy atom. The molecular formula is C14H24N4O2S. The Kier molecular flexibility index (Phi) is 7.31. The van der Waals surface area contributed by atoms with E-state index in [0.29, 0.717) is 25.4 Å². The fourth-order valence-corrected chi connectivity index (χ4v) is 2.54. The Morgan fingerprint density at radius 3 is 2.76 bits per heavy atom. The number of nitrogens with one attached hydrogen (secondary N) is 2. The van der Waals surface area contributed by atoms with Crippen LogP contribution in [0.25, 0.3) is 0 Å². The van der Waals surface area contributed by atoms with Gasteiger partial charge in [0.25, 0.3) is 0 Å². The number of hydrogen-bond acceptors (Lipinski definition) is 5. The Balaban J connectivity index is 2.51. The van der Waals surface area contributed by atoms with E-state index in [-0.39, 0.29) is 6.03 Å². The van der Waals surface area contributed by atoms with Crippen LogP contribution in [0.15, 0.2) is 5.38 Å². The summed E-state index contributed by atoms with van der Waals surface area (Å²) >= 11 is 1.61. The maximum absolute atomic E-state index is 12.0. The third kappa shape index (κ3) is 5.81. The molecule has 1 unspecified atom stereocenters. The second kappa shape index (κ2) is 8.74. The van der Waals surface area contributed by atoms with E-state index in [0.717, 1.165) is 17.0 Å². The van der Waals surface area contributed by atoms with Crippen molar-refractivity contribution in [2.75, 3.05) is 20.6 Å². The van der Waals surface area contributed by atoms with Crippen molar-refractivity contribution in [3.8, 4) is 0 Å². The zero-order chi connectivity index (χ0) is 15.8. The fraction of sp³-hybridized carbons (Fsp3) is 0.643. The van der Waals surface area contributed by atoms with Crippen LogP contribution in [0.2, 0.25) is 0 Å². The average molecular weight is 312 g/mol. The molecule has 1 aromatic rings. The summed E-state index contributed by atoms with van der Waals surface area (Å²) in [5, 5.41) is 8.70. The molecule has 0 saturated heterocycles. The molecule has 1 rings (SSSR count). The number of amides is 2. The highest BCUT2D eigenvalue weighted by Gasteiger charge is 2.16. The smallest absolute Gasteiger partial charge is 0.318 e. The van der Waals surface area contributed by atoms with Crippen LogP contribution in [0.5, 0.6) is 0 Å². The molecule has 0 fully saturated rings. The molecule has 0 spiro atoms. The molecule has 1 atom stereocenters. The minimum Gasteiger partial charge on any atom is -0.328 e. The molecule has 0 radical (unpaired) electrons. The predicted molar refractivity (Wildman–Crippen MR) is 84.6 cm³/mol. The second-order valence-electron chi connectivity index (χ2n) is 5.27. The van der Waals surface area contributed by atoms with Gasteiger partial charge in [-0.15, -0.1) is 11.3 Å². The zero-order valence-electron chi connectivity index (χ0n) is 13.0. The third-order valence-corrected chi connectivity index (χ3v) is 4.18. The van der Waals surface area contributed by atoms with Gasteiger partial charge in [0.15, 0.2) is 0 Å². The Morgan fingerprint density at radius 2 is 2.24 bits per heavy atom. The molecule has 2 amide bonds. The monoisotopic (exact) mass is 312 g/mol. The van der Waals surface area contributed by atoms with E-state index in [4.69, 9.17) is 0 Å². The minimum atomic E-state index is -0.464. The minimum absolute atomic E-state index is 0.262. The van der Waals surface area contributed by atoms with E-state index >= 15 is 0 Å². The number of aldehydes is 1. The maximum atomic E-state index is 12.0. The van der Waals surface area contributed by atoms with Crippen molar-refractivity contribution in [1.29, 1.82) is 0 Å². The summed E-state index contributed by atoms with van der Waals surface area (Å²) in [6.45, 7) is 5.30. The van der Waals surface area contributed by atoms with Crippen LogP contribution in [-0.4, -0.2) is 48.9 Å². The van der Waals surface area contributed by atoms with Gasteiger partial charge in [-0.3, -0.25) is 0 Å². The average Bonchev–Trinajstić information content (AvgIpc) is 2.91. The van der Waals surface area contributed by atoms with Crippen molar-refractivity contribution in [2.24, 2.45) is 0 Å². The first-order chi connectivity index (χ1) is 9.97. The number of carbonyl (C=O) groups is 2. The van der Waals surface area contributed by atoms with E-state index in [2.05, 4.69) is 29.5 Å². The lowest BCUT2D eigenvalue weighted by molar-refractivity contribution is -0.109. The summed E-state index contributed by atoms with van der Waals surface area (Å²) in [7, 11) is 3.51. The lowest BCUT2D eigenvalue weighted by Crippen LogP contribution is -2.44. The summed E-state index contributed by atoms with van der Waals surface area (Å²) in [4.78, 5) is 29.0. The highest BCUT2D eigenvalue weighted by molar-refractivity contribution is 7.09. The van der Waals surface area contributed by atoms with Crippen LogP contribution in [-0.2, 0) is 11.3 Å². The molecule has 118 valence electrons. The fourth-order valence-electron chi connectivity index (χ4n) is 1.72. The normalized spacial score (nSPS) is 12.2. The van der Waals surface area contributed by atoms with Crippen molar-refractivity contribution >= 4 is 23.7 Å². The van der Waals surface area contributed by atoms with Gasteiger partial charge in [0.05, 0.1) is 23.3 Å². The highest BCUT2D eigenvalue weighted by Crippen LogP contribution is 2.19. The molecule has 7 heteroatoms. The van der Waals surface area contributed by atoms with E-state index < -0.39 is 6.04 Å². The molecule has 0 bridgehead atoms. The van der Waals surface area contributed by atoms with Crippen LogP contribution in [0.3, 0.4) is 0 Å². The van der Waals surface area contributed by atoms with Crippen molar-refractivity contribution in [3.05, 3.63) is 16.1 Å². The number of urea groups is 1. The number of thiazole rings is 1. The van der Waals surface area contributed by atoms with Gasteiger partial charge in [-0.2, -0.15) is 0 Å². The lowest BCUT2D eigenvalue weighted by Gasteiger charge is -2.20. The quantitative estimate of drug-likeness (QED) is 0.715. The number of nitrogens with zero attached hydrogens (tertiary/aromatic N) is 2. The Bertz CT molecular complexity index is 462. The molecule has 6 nitrogen and oxygen atoms in total. The molecule has 2 N–H and O–H groups in total. The maximum Gasteiger partial charge on any atom is 0.318 e. The first-order valence-corrected chi connectivity index (χ1v) is 7.91. The summed E-state index contributed by atoms with van der Waals surface area (Å²) in [6.07, 6.45) is 1.34. The summed E-state index contributed by atoms with van der Waals surface area (Å²) in [5.74, 6) is 0.392. The van der Waals surface area contributed by atoms with Gasteiger partial charge < -0.3 is 20.3 Å². The van der Waals surface area contributed by atoms with Crippen molar-refractivity contribution < 1.29 is 9.59 Å². The third-order valence-electron chi connectivity index (χ3n) is 2.99. The van der Waals surface area contributed by atoms with Crippen LogP contribution >= 0.6 is 11.3 Å². The molecule has 1 heterocycles. The molecule has 0 aliphatic carbocycles. The number of hydrogen-bond donors (Lipinski definition) is 2. The summed E-state index contributed by atoms with van der Waals surface area (Å²) < 4.78 is 0. The van der Waals surface area contributed by atoms with Gasteiger partial charge in [0.1, 0.15) is 6.29 Å². The largest absolute Gasteiger partial charge is 0.328 e. The van der Waals surface area contributed by atoms with E-state index in [1.165, 1.54) is 4.90 Å². The highest BCUT2D eigenvalue weighted by atomic mass is 32.1. The number of rotatable bonds is 8. The lowest BCUT2D eigenvalue weighted by atomic mass is 10.2. The van der Waals surface area contributed by atoms with Crippen LogP contribution < -0.4 is 10.6 Å². The van der Waals surface area contributed by atoms with Crippen molar-refractivity contribution in [2.45, 2.75) is 38.8 Å². The van der Waals surface area contributed by atoms with Gasteiger partial charge >= 0.3 is 6.03 Å². The molecule has 0 aliphatic rings. The first kappa shape index (κ1) is 17.6. The molecule has 0 saturated carbocycles. The van der Waals surface area contributed by atoms with Crippen LogP contribution in [0.4, 0.5) is 4.79 Å². The SMILES string of the molecule is CNCCC(C=O)NC(=O)N(C)Cc1csc(C(C)C)n1. The van der Waals surface area contributed by atoms with Crippen molar-refractivity contribution in [1.82, 2.24) is 20.5 Å². The van der Waals surface area contributed by atoms with Crippen LogP contribution in [0.1, 0.15) is 36.9 Å². The predicted octanol–water partition coefficient (Wildman–Crippen LogP) is 1.58. The molecular weight excluding hydrogens is 288 g/mol. The Labute approximate surface area is 129 Å². The van der Waals surface area contributed by atoms with E-state index in [1.54, 1.807) is 18.4 Å². The molecule has 21 heavy (non-hydrogen) atoms. The number of carbonyl (C=O) groups excluding carboxylic acids is 2. The summed E-state index contributed by atoms with van der Waals surface area (Å²) in [5.41, 5.74) is 0.874. The Hall–Kier alpha value is -1.47. The van der Waals surface area contributed by atoms with Gasteiger partial charge in [-0.05, 0) is 20.0 Å². The standard InChI is InChI=1S/C14H24N4O2S/c1-10(2)13-16-12(9-21-13)7-18(4)14(20)17-11(8-19)5-6-15-3/h8-11,15H,5-7H2,1-4H3,(H,17,20). The molecule has 0 aliphatic heterocycles. The number of aromatic nitrogens is 1. The van der Waals surface area contributed by atoms with E-state index in [1.807, 2.05) is 12.4 Å². The molecule has 0 aromatic carbocycles. The summed E-state index contributed by atoms with van der Waals surface area (Å²) in [6, 6.07) is -0.726. The first-order valence-electron chi connectivity index (χ1n) is 7.03. The van der Waals surface area contributed by atoms with Gasteiger partial charge in [0.2, 0.25) is 0 Å². The van der Waals surface area contributed by atoms with Gasteiger partial charge in [-0.1, -0.05) is 13.8 Å². The second-order valence-corrected chi connectivity index (χ2v) is 6.16. The van der Waals surface area contributed by atoms with E-state index in [9.17, 15) is 9.59 Å². The molecule has 1 aromatic heterocycles. The van der Waals surface area contributed by atoms with Crippen LogP contribution in [0, 0.1) is 0 Å². The van der Waals surface area contributed by atoms with Gasteiger partial charge in [-0.25, -0.2) is 9.78 Å². The van der Waals surface area contributed by atoms with Crippen molar-refractivity contribution in [3.63, 3.8) is 0 Å². The zero-order valence-corrected chi connectivity index (χ0v) is 13.9. The van der Waals surface area contributed by atoms with Gasteiger partial charge in [0, 0.05) is 18.3 Å².